The van der Waals surface area contributed by atoms with Crippen molar-refractivity contribution < 1.29 is 33.7 Å². The molecule has 2 aromatic rings. The number of hydrogen-bond acceptors (Lipinski definition) is 6. The number of carboxylic acid groups (broad SMARTS) is 1. The van der Waals surface area contributed by atoms with Gasteiger partial charge in [0.1, 0.15) is 17.9 Å². The molecule has 28 heavy (non-hydrogen) atoms. The van der Waals surface area contributed by atoms with E-state index in [1.807, 2.05) is 0 Å². The van der Waals surface area contributed by atoms with Crippen molar-refractivity contribution in [2.75, 3.05) is 14.2 Å². The van der Waals surface area contributed by atoms with Gasteiger partial charge in [0.05, 0.1) is 19.8 Å². The van der Waals surface area contributed by atoms with Gasteiger partial charge in [-0.15, -0.1) is 0 Å². The molecule has 0 aliphatic rings. The Morgan fingerprint density at radius 2 is 1.61 bits per heavy atom. The van der Waals surface area contributed by atoms with Gasteiger partial charge in [0.2, 0.25) is 0 Å². The summed E-state index contributed by atoms with van der Waals surface area (Å²) in [5.74, 6) is -2.38. The lowest BCUT2D eigenvalue weighted by molar-refractivity contribution is -0.143. The quantitative estimate of drug-likeness (QED) is 0.327. The first-order chi connectivity index (χ1) is 13.3. The van der Waals surface area contributed by atoms with Crippen LogP contribution in [0.15, 0.2) is 48.0 Å². The van der Waals surface area contributed by atoms with Crippen LogP contribution in [0.1, 0.15) is 21.5 Å². The average Bonchev–Trinajstić information content (AvgIpc) is 2.70. The third kappa shape index (κ3) is 5.34. The second-order valence-electron chi connectivity index (χ2n) is 5.51. The van der Waals surface area contributed by atoms with E-state index < -0.39 is 17.9 Å². The third-order valence-corrected chi connectivity index (χ3v) is 3.91. The highest BCUT2D eigenvalue weighted by Gasteiger charge is 2.20. The van der Waals surface area contributed by atoms with Gasteiger partial charge in [0.25, 0.3) is 0 Å². The Morgan fingerprint density at radius 1 is 1.00 bits per heavy atom. The summed E-state index contributed by atoms with van der Waals surface area (Å²) in [6.07, 6.45) is 1.27. The molecule has 0 amide bonds. The standard InChI is InChI=1S/C20H17ClO7/c1-26-19(24)16(20(25)27-2)10-14-9-15(21)7-8-17(14)28-11-12-3-5-13(6-4-12)18(22)23/h3-10H,11H2,1-2H3,(H,22,23). The van der Waals surface area contributed by atoms with Crippen LogP contribution in [0.5, 0.6) is 5.75 Å². The summed E-state index contributed by atoms with van der Waals surface area (Å²) in [5, 5.41) is 9.31. The molecule has 8 heteroatoms. The van der Waals surface area contributed by atoms with Crippen molar-refractivity contribution in [3.8, 4) is 5.75 Å². The second kappa shape index (κ2) is 9.57. The molecule has 0 bridgehead atoms. The molecule has 0 fully saturated rings. The molecular weight excluding hydrogens is 388 g/mol. The fraction of sp³-hybridized carbons (Fsp3) is 0.150. The van der Waals surface area contributed by atoms with Gasteiger partial charge in [-0.1, -0.05) is 23.7 Å². The van der Waals surface area contributed by atoms with Gasteiger partial charge in [-0.05, 0) is 42.0 Å². The predicted molar refractivity (Wildman–Crippen MR) is 101 cm³/mol. The molecule has 0 aromatic heterocycles. The van der Waals surface area contributed by atoms with E-state index in [2.05, 4.69) is 9.47 Å². The minimum absolute atomic E-state index is 0.133. The average molecular weight is 405 g/mol. The van der Waals surface area contributed by atoms with E-state index in [4.69, 9.17) is 21.4 Å². The van der Waals surface area contributed by atoms with Crippen LogP contribution in [0.2, 0.25) is 5.02 Å². The molecule has 2 rings (SSSR count). The van der Waals surface area contributed by atoms with Gasteiger partial charge in [-0.2, -0.15) is 0 Å². The van der Waals surface area contributed by atoms with Crippen molar-refractivity contribution in [3.05, 3.63) is 69.8 Å². The van der Waals surface area contributed by atoms with Crippen LogP contribution in [0.3, 0.4) is 0 Å². The van der Waals surface area contributed by atoms with E-state index in [-0.39, 0.29) is 17.7 Å². The predicted octanol–water partition coefficient (Wildman–Crippen LogP) is 3.35. The molecule has 0 aliphatic carbocycles. The number of halogens is 1. The molecule has 0 spiro atoms. The van der Waals surface area contributed by atoms with Crippen LogP contribution in [0.4, 0.5) is 0 Å². The van der Waals surface area contributed by atoms with Gasteiger partial charge in [-0.3, -0.25) is 0 Å². The van der Waals surface area contributed by atoms with Gasteiger partial charge in [0, 0.05) is 10.6 Å². The zero-order chi connectivity index (χ0) is 20.7. The molecule has 0 heterocycles. The van der Waals surface area contributed by atoms with Crippen LogP contribution >= 0.6 is 11.6 Å². The smallest absolute Gasteiger partial charge is 0.345 e. The van der Waals surface area contributed by atoms with E-state index in [9.17, 15) is 14.4 Å². The number of esters is 2. The number of rotatable bonds is 7. The monoisotopic (exact) mass is 404 g/mol. The summed E-state index contributed by atoms with van der Waals surface area (Å²) in [6, 6.07) is 10.9. The highest BCUT2D eigenvalue weighted by molar-refractivity contribution is 6.30. The summed E-state index contributed by atoms with van der Waals surface area (Å²) >= 11 is 6.02. The Kier molecular flexibility index (Phi) is 7.17. The van der Waals surface area contributed by atoms with E-state index in [0.29, 0.717) is 16.3 Å². The zero-order valence-electron chi connectivity index (χ0n) is 15.1. The maximum atomic E-state index is 11.9. The summed E-state index contributed by atoms with van der Waals surface area (Å²) in [7, 11) is 2.30. The number of aromatic carboxylic acids is 1. The number of methoxy groups -OCH3 is 2. The number of benzene rings is 2. The minimum atomic E-state index is -1.02. The SMILES string of the molecule is COC(=O)C(=Cc1cc(Cl)ccc1OCc1ccc(C(=O)O)cc1)C(=O)OC. The summed E-state index contributed by atoms with van der Waals surface area (Å²) in [4.78, 5) is 34.6. The second-order valence-corrected chi connectivity index (χ2v) is 5.95. The van der Waals surface area contributed by atoms with Crippen molar-refractivity contribution in [1.82, 2.24) is 0 Å². The largest absolute Gasteiger partial charge is 0.488 e. The molecule has 0 unspecified atom stereocenters. The fourth-order valence-electron chi connectivity index (χ4n) is 2.24. The Labute approximate surface area is 166 Å². The Balaban J connectivity index is 2.30. The van der Waals surface area contributed by atoms with Gasteiger partial charge in [-0.25, -0.2) is 14.4 Å². The van der Waals surface area contributed by atoms with Crippen LogP contribution in [-0.4, -0.2) is 37.2 Å². The molecule has 0 aliphatic heterocycles. The Morgan fingerprint density at radius 3 is 2.14 bits per heavy atom. The first-order valence-corrected chi connectivity index (χ1v) is 8.36. The molecule has 1 N–H and O–H groups in total. The number of hydrogen-bond donors (Lipinski definition) is 1. The van der Waals surface area contributed by atoms with E-state index in [0.717, 1.165) is 19.8 Å². The number of carbonyl (C=O) groups excluding carboxylic acids is 2. The maximum Gasteiger partial charge on any atom is 0.345 e. The van der Waals surface area contributed by atoms with Crippen LogP contribution in [-0.2, 0) is 25.7 Å². The topological polar surface area (TPSA) is 99.1 Å². The van der Waals surface area contributed by atoms with Crippen molar-refractivity contribution in [2.24, 2.45) is 0 Å². The van der Waals surface area contributed by atoms with Crippen LogP contribution < -0.4 is 4.74 Å². The van der Waals surface area contributed by atoms with Crippen molar-refractivity contribution in [2.45, 2.75) is 6.61 Å². The Bertz CT molecular complexity index is 899. The van der Waals surface area contributed by atoms with Gasteiger partial charge in [0.15, 0.2) is 0 Å². The molecule has 2 aromatic carbocycles. The molecular formula is C20H17ClO7. The van der Waals surface area contributed by atoms with Crippen molar-refractivity contribution >= 4 is 35.6 Å². The molecule has 146 valence electrons. The van der Waals surface area contributed by atoms with E-state index >= 15 is 0 Å². The molecule has 0 saturated heterocycles. The van der Waals surface area contributed by atoms with E-state index in [1.54, 1.807) is 24.3 Å². The number of ether oxygens (including phenoxy) is 3. The molecule has 0 atom stereocenters. The highest BCUT2D eigenvalue weighted by atomic mass is 35.5. The highest BCUT2D eigenvalue weighted by Crippen LogP contribution is 2.27. The van der Waals surface area contributed by atoms with Crippen LogP contribution in [0.25, 0.3) is 6.08 Å². The van der Waals surface area contributed by atoms with Crippen molar-refractivity contribution in [1.29, 1.82) is 0 Å². The summed E-state index contributed by atoms with van der Waals surface area (Å²) in [6.45, 7) is 0.133. The summed E-state index contributed by atoms with van der Waals surface area (Å²) in [5.41, 5.74) is 0.957. The van der Waals surface area contributed by atoms with E-state index in [1.165, 1.54) is 24.3 Å². The fourth-order valence-corrected chi connectivity index (χ4v) is 2.43. The normalized spacial score (nSPS) is 9.96. The lowest BCUT2D eigenvalue weighted by atomic mass is 10.1. The summed E-state index contributed by atoms with van der Waals surface area (Å²) < 4.78 is 15.0. The number of carboxylic acids is 1. The third-order valence-electron chi connectivity index (χ3n) is 3.68. The first kappa shape index (κ1) is 21.0. The Hall–Kier alpha value is -3.32. The van der Waals surface area contributed by atoms with Gasteiger partial charge >= 0.3 is 17.9 Å². The first-order valence-electron chi connectivity index (χ1n) is 7.98. The van der Waals surface area contributed by atoms with Crippen LogP contribution in [0, 0.1) is 0 Å². The van der Waals surface area contributed by atoms with Crippen molar-refractivity contribution in [3.63, 3.8) is 0 Å². The zero-order valence-corrected chi connectivity index (χ0v) is 15.9. The molecule has 0 saturated carbocycles. The molecule has 0 radical (unpaired) electrons. The number of carbonyl (C=O) groups is 3. The lowest BCUT2D eigenvalue weighted by Gasteiger charge is -2.11. The van der Waals surface area contributed by atoms with Gasteiger partial charge < -0.3 is 19.3 Å². The lowest BCUT2D eigenvalue weighted by Crippen LogP contribution is -2.15. The maximum absolute atomic E-state index is 11.9. The minimum Gasteiger partial charge on any atom is -0.488 e. The molecule has 7 nitrogen and oxygen atoms in total.